The number of ether oxygens (including phenoxy) is 1. The molecule has 3 amide bonds. The van der Waals surface area contributed by atoms with Crippen LogP contribution < -0.4 is 15.5 Å². The topological polar surface area (TPSA) is 124 Å². The summed E-state index contributed by atoms with van der Waals surface area (Å²) < 4.78 is 45.2. The first kappa shape index (κ1) is 43.4. The predicted molar refractivity (Wildman–Crippen MR) is 218 cm³/mol. The molecule has 1 saturated heterocycles. The van der Waals surface area contributed by atoms with Crippen molar-refractivity contribution in [3.63, 3.8) is 0 Å². The molecular formula is C44H51F3N6O5. The van der Waals surface area contributed by atoms with Gasteiger partial charge in [0, 0.05) is 73.9 Å². The lowest BCUT2D eigenvalue weighted by Gasteiger charge is -2.26. The number of esters is 1. The Morgan fingerprint density at radius 3 is 2.36 bits per heavy atom. The molecule has 5 rings (SSSR count). The van der Waals surface area contributed by atoms with E-state index in [0.29, 0.717) is 60.9 Å². The van der Waals surface area contributed by atoms with Crippen molar-refractivity contribution in [3.8, 4) is 11.3 Å². The number of hydrogen-bond donors (Lipinski definition) is 2. The Hall–Kier alpha value is -5.76. The van der Waals surface area contributed by atoms with Gasteiger partial charge in [-0.1, -0.05) is 32.0 Å². The first-order valence-electron chi connectivity index (χ1n) is 19.6. The Kier molecular flexibility index (Phi) is 14.7. The zero-order chi connectivity index (χ0) is 42.0. The third-order valence-electron chi connectivity index (χ3n) is 10.0. The molecule has 2 N–H and O–H groups in total. The van der Waals surface area contributed by atoms with Gasteiger partial charge in [-0.3, -0.25) is 29.1 Å². The smallest absolute Gasteiger partial charge is 0.416 e. The van der Waals surface area contributed by atoms with Gasteiger partial charge in [-0.25, -0.2) is 0 Å². The van der Waals surface area contributed by atoms with E-state index in [1.807, 2.05) is 39.8 Å². The van der Waals surface area contributed by atoms with Crippen molar-refractivity contribution in [2.75, 3.05) is 56.6 Å². The summed E-state index contributed by atoms with van der Waals surface area (Å²) in [5, 5.41) is 5.65. The molecule has 11 nitrogen and oxygen atoms in total. The standard InChI is InChI=1S/C44H51F3N6O5/c1-6-52(7-2)35-16-17-37(36(26-35)38-25-32(18-19-48-38)40(54)49-27-30-11-8-14-34(23-30)44(45,46)47)50-41(55)31-12-9-13-33(24-31)42(56)51(5)21-22-53-20-10-15-39(53)43(57)58-28-29(3)4/h8-9,11-14,16-19,23-26,29,39H,6-7,10,15,20-22,27-28H2,1-5H3,(H,49,54)(H,50,55)/t39-/m0/s1. The summed E-state index contributed by atoms with van der Waals surface area (Å²) in [7, 11) is 1.69. The summed E-state index contributed by atoms with van der Waals surface area (Å²) in [6.45, 7) is 11.3. The molecule has 1 aromatic heterocycles. The fourth-order valence-corrected chi connectivity index (χ4v) is 6.79. The lowest BCUT2D eigenvalue weighted by Crippen LogP contribution is -2.42. The van der Waals surface area contributed by atoms with E-state index < -0.39 is 23.6 Å². The molecule has 0 unspecified atom stereocenters. The van der Waals surface area contributed by atoms with Gasteiger partial charge in [0.1, 0.15) is 6.04 Å². The number of anilines is 2. The van der Waals surface area contributed by atoms with E-state index in [0.717, 1.165) is 37.2 Å². The minimum Gasteiger partial charge on any atom is -0.464 e. The molecule has 4 aromatic rings. The third-order valence-corrected chi connectivity index (χ3v) is 10.0. The highest BCUT2D eigenvalue weighted by Crippen LogP contribution is 2.33. The average molecular weight is 801 g/mol. The largest absolute Gasteiger partial charge is 0.464 e. The molecule has 14 heteroatoms. The van der Waals surface area contributed by atoms with Crippen molar-refractivity contribution in [3.05, 3.63) is 113 Å². The highest BCUT2D eigenvalue weighted by Gasteiger charge is 2.32. The summed E-state index contributed by atoms with van der Waals surface area (Å²) in [4.78, 5) is 63.5. The van der Waals surface area contributed by atoms with Crippen molar-refractivity contribution >= 4 is 35.1 Å². The lowest BCUT2D eigenvalue weighted by atomic mass is 10.0. The normalized spacial score (nSPS) is 14.3. The molecule has 0 saturated carbocycles. The number of likely N-dealkylation sites (tertiary alicyclic amines) is 1. The van der Waals surface area contributed by atoms with Crippen molar-refractivity contribution in [1.29, 1.82) is 0 Å². The van der Waals surface area contributed by atoms with Crippen LogP contribution in [0, 0.1) is 5.92 Å². The maximum Gasteiger partial charge on any atom is 0.416 e. The van der Waals surface area contributed by atoms with E-state index in [1.54, 1.807) is 42.3 Å². The predicted octanol–water partition coefficient (Wildman–Crippen LogP) is 7.53. The first-order chi connectivity index (χ1) is 27.7. The molecule has 0 bridgehead atoms. The molecule has 1 atom stereocenters. The Labute approximate surface area is 337 Å². The minimum atomic E-state index is -4.51. The molecule has 2 heterocycles. The number of nitrogens with one attached hydrogen (secondary N) is 2. The van der Waals surface area contributed by atoms with E-state index in [2.05, 4.69) is 25.4 Å². The highest BCUT2D eigenvalue weighted by molar-refractivity contribution is 6.08. The van der Waals surface area contributed by atoms with Gasteiger partial charge < -0.3 is 25.2 Å². The summed E-state index contributed by atoms with van der Waals surface area (Å²) in [5.41, 5.74) is 2.49. The second-order valence-corrected chi connectivity index (χ2v) is 14.7. The van der Waals surface area contributed by atoms with Gasteiger partial charge in [-0.05, 0) is 105 Å². The monoisotopic (exact) mass is 800 g/mol. The minimum absolute atomic E-state index is 0.121. The van der Waals surface area contributed by atoms with Gasteiger partial charge in [-0.2, -0.15) is 13.2 Å². The third kappa shape index (κ3) is 11.2. The van der Waals surface area contributed by atoms with E-state index in [9.17, 15) is 32.3 Å². The lowest BCUT2D eigenvalue weighted by molar-refractivity contribution is -0.150. The molecule has 1 aliphatic heterocycles. The number of aromatic nitrogens is 1. The van der Waals surface area contributed by atoms with Crippen LogP contribution in [0.2, 0.25) is 0 Å². The van der Waals surface area contributed by atoms with Crippen molar-refractivity contribution in [2.24, 2.45) is 5.92 Å². The van der Waals surface area contributed by atoms with Crippen LogP contribution in [0.3, 0.4) is 0 Å². The highest BCUT2D eigenvalue weighted by atomic mass is 19.4. The van der Waals surface area contributed by atoms with Crippen LogP contribution in [0.25, 0.3) is 11.3 Å². The zero-order valence-electron chi connectivity index (χ0n) is 33.6. The Balaban J connectivity index is 1.31. The summed E-state index contributed by atoms with van der Waals surface area (Å²) >= 11 is 0. The number of benzene rings is 3. The molecular weight excluding hydrogens is 750 g/mol. The summed E-state index contributed by atoms with van der Waals surface area (Å²) in [6.07, 6.45) is -1.46. The molecule has 0 spiro atoms. The summed E-state index contributed by atoms with van der Waals surface area (Å²) in [5.74, 6) is -1.24. The SMILES string of the molecule is CCN(CC)c1ccc(NC(=O)c2cccc(C(=O)N(C)CCN3CCC[C@H]3C(=O)OCC(C)C)c2)c(-c2cc(C(=O)NCc3cccc(C(F)(F)F)c3)ccn2)c1. The number of likely N-dealkylation sites (N-methyl/N-ethyl adjacent to an activating group) is 1. The van der Waals surface area contributed by atoms with Crippen LogP contribution in [0.1, 0.15) is 82.7 Å². The molecule has 308 valence electrons. The zero-order valence-corrected chi connectivity index (χ0v) is 33.6. The number of carbonyl (C=O) groups excluding carboxylic acids is 4. The second-order valence-electron chi connectivity index (χ2n) is 14.7. The molecule has 3 aromatic carbocycles. The average Bonchev–Trinajstić information content (AvgIpc) is 3.70. The van der Waals surface area contributed by atoms with Crippen LogP contribution in [0.4, 0.5) is 24.5 Å². The van der Waals surface area contributed by atoms with Crippen LogP contribution in [-0.4, -0.2) is 90.9 Å². The number of carbonyl (C=O) groups is 4. The van der Waals surface area contributed by atoms with Crippen LogP contribution in [-0.2, 0) is 22.3 Å². The van der Waals surface area contributed by atoms with Crippen molar-refractivity contribution in [2.45, 2.75) is 59.3 Å². The van der Waals surface area contributed by atoms with E-state index >= 15 is 0 Å². The number of pyridine rings is 1. The van der Waals surface area contributed by atoms with Gasteiger partial charge in [0.2, 0.25) is 0 Å². The van der Waals surface area contributed by atoms with Crippen LogP contribution in [0.5, 0.6) is 0 Å². The number of alkyl halides is 3. The molecule has 58 heavy (non-hydrogen) atoms. The molecule has 0 radical (unpaired) electrons. The van der Waals surface area contributed by atoms with E-state index in [-0.39, 0.29) is 41.5 Å². The second kappa shape index (κ2) is 19.6. The van der Waals surface area contributed by atoms with Gasteiger partial charge >= 0.3 is 12.1 Å². The maximum absolute atomic E-state index is 13.8. The van der Waals surface area contributed by atoms with Gasteiger partial charge in [0.05, 0.1) is 23.6 Å². The van der Waals surface area contributed by atoms with Gasteiger partial charge in [-0.15, -0.1) is 0 Å². The van der Waals surface area contributed by atoms with E-state index in [4.69, 9.17) is 4.74 Å². The van der Waals surface area contributed by atoms with E-state index in [1.165, 1.54) is 30.5 Å². The van der Waals surface area contributed by atoms with Gasteiger partial charge in [0.15, 0.2) is 0 Å². The van der Waals surface area contributed by atoms with Crippen LogP contribution in [0.15, 0.2) is 85.1 Å². The molecule has 1 aliphatic rings. The summed E-state index contributed by atoms with van der Waals surface area (Å²) in [6, 6.07) is 19.5. The van der Waals surface area contributed by atoms with Crippen molar-refractivity contribution < 1.29 is 37.1 Å². The van der Waals surface area contributed by atoms with Gasteiger partial charge in [0.25, 0.3) is 17.7 Å². The Morgan fingerprint density at radius 1 is 0.914 bits per heavy atom. The Bertz CT molecular complexity index is 2090. The number of amides is 3. The molecule has 0 aliphatic carbocycles. The van der Waals surface area contributed by atoms with Crippen molar-refractivity contribution in [1.82, 2.24) is 20.1 Å². The number of halogens is 3. The number of hydrogen-bond acceptors (Lipinski definition) is 8. The quantitative estimate of drug-likeness (QED) is 0.112. The van der Waals surface area contributed by atoms with Crippen LogP contribution >= 0.6 is 0 Å². The molecule has 1 fully saturated rings. The fraction of sp³-hybridized carbons (Fsp3) is 0.386. The maximum atomic E-state index is 13.8. The number of nitrogens with zero attached hydrogens (tertiary/aromatic N) is 4. The fourth-order valence-electron chi connectivity index (χ4n) is 6.79. The Morgan fingerprint density at radius 2 is 1.64 bits per heavy atom. The number of rotatable bonds is 16. The first-order valence-corrected chi connectivity index (χ1v) is 19.6.